The van der Waals surface area contributed by atoms with E-state index in [1.54, 1.807) is 0 Å². The van der Waals surface area contributed by atoms with E-state index >= 15 is 0 Å². The standard InChI is InChI=1S/C14H16ClN5O3S/c1-7-8(2)24-13(17-7)18-14(22)23-9-3-4-20(6-9)10-5-16-19-12(21)11(10)15/h5,9H,3-4,6H2,1-2H3,(H,19,21)(H,17,18,22)/t9-/m1/s1. The van der Waals surface area contributed by atoms with Gasteiger partial charge in [0.15, 0.2) is 5.13 Å². The second kappa shape index (κ2) is 6.78. The monoisotopic (exact) mass is 369 g/mol. The molecular weight excluding hydrogens is 354 g/mol. The summed E-state index contributed by atoms with van der Waals surface area (Å²) >= 11 is 7.40. The van der Waals surface area contributed by atoms with Crippen LogP contribution in [0.3, 0.4) is 0 Å². The molecule has 1 aliphatic heterocycles. The molecule has 1 atom stereocenters. The Hall–Kier alpha value is -2.13. The lowest BCUT2D eigenvalue weighted by molar-refractivity contribution is 0.122. The molecule has 128 valence electrons. The Labute approximate surface area is 146 Å². The van der Waals surface area contributed by atoms with E-state index in [0.717, 1.165) is 10.6 Å². The molecule has 0 spiro atoms. The summed E-state index contributed by atoms with van der Waals surface area (Å²) in [5.41, 5.74) is 0.989. The molecule has 2 N–H and O–H groups in total. The SMILES string of the molecule is Cc1nc(NC(=O)O[C@@H]2CCN(c3cn[nH]c(=O)c3Cl)C2)sc1C. The number of carbonyl (C=O) groups is 1. The first-order valence-electron chi connectivity index (χ1n) is 7.34. The first-order chi connectivity index (χ1) is 11.4. The maximum absolute atomic E-state index is 12.0. The van der Waals surface area contributed by atoms with Crippen molar-refractivity contribution in [3.05, 3.63) is 32.1 Å². The molecule has 2 aromatic rings. The number of ether oxygens (including phenoxy) is 1. The maximum Gasteiger partial charge on any atom is 0.413 e. The number of anilines is 2. The van der Waals surface area contributed by atoms with E-state index in [9.17, 15) is 9.59 Å². The van der Waals surface area contributed by atoms with Gasteiger partial charge in [-0.15, -0.1) is 11.3 Å². The zero-order valence-corrected chi connectivity index (χ0v) is 14.7. The molecule has 1 fully saturated rings. The van der Waals surface area contributed by atoms with Gasteiger partial charge in [0.1, 0.15) is 11.1 Å². The summed E-state index contributed by atoms with van der Waals surface area (Å²) in [6.45, 7) is 4.90. The van der Waals surface area contributed by atoms with Gasteiger partial charge in [0.25, 0.3) is 5.56 Å². The zero-order valence-electron chi connectivity index (χ0n) is 13.1. The lowest BCUT2D eigenvalue weighted by Gasteiger charge is -2.18. The fourth-order valence-electron chi connectivity index (χ4n) is 2.43. The first-order valence-corrected chi connectivity index (χ1v) is 8.53. The smallest absolute Gasteiger partial charge is 0.413 e. The molecule has 0 unspecified atom stereocenters. The lowest BCUT2D eigenvalue weighted by atomic mass is 10.3. The predicted octanol–water partition coefficient (Wildman–Crippen LogP) is 2.32. The highest BCUT2D eigenvalue weighted by atomic mass is 35.5. The molecule has 0 radical (unpaired) electrons. The van der Waals surface area contributed by atoms with Crippen molar-refractivity contribution >= 4 is 39.8 Å². The van der Waals surface area contributed by atoms with Crippen LogP contribution in [0.4, 0.5) is 15.6 Å². The number of amides is 1. The number of thiazole rings is 1. The van der Waals surface area contributed by atoms with Crippen LogP contribution in [0.5, 0.6) is 0 Å². The number of rotatable bonds is 3. The van der Waals surface area contributed by atoms with Crippen molar-refractivity contribution in [1.82, 2.24) is 15.2 Å². The van der Waals surface area contributed by atoms with Gasteiger partial charge in [-0.05, 0) is 13.8 Å². The number of carbonyl (C=O) groups excluding carboxylic acids is 1. The van der Waals surface area contributed by atoms with Crippen molar-refractivity contribution in [1.29, 1.82) is 0 Å². The van der Waals surface area contributed by atoms with Crippen LogP contribution >= 0.6 is 22.9 Å². The van der Waals surface area contributed by atoms with E-state index < -0.39 is 11.7 Å². The van der Waals surface area contributed by atoms with Gasteiger partial charge in [-0.1, -0.05) is 11.6 Å². The second-order valence-electron chi connectivity index (χ2n) is 5.45. The van der Waals surface area contributed by atoms with Crippen molar-refractivity contribution in [2.24, 2.45) is 0 Å². The van der Waals surface area contributed by atoms with Gasteiger partial charge < -0.3 is 9.64 Å². The van der Waals surface area contributed by atoms with Crippen LogP contribution < -0.4 is 15.8 Å². The van der Waals surface area contributed by atoms with Crippen molar-refractivity contribution in [3.8, 4) is 0 Å². The number of nitrogens with zero attached hydrogens (tertiary/aromatic N) is 3. The van der Waals surface area contributed by atoms with E-state index in [4.69, 9.17) is 16.3 Å². The molecule has 1 aliphatic rings. The number of hydrogen-bond acceptors (Lipinski definition) is 7. The minimum absolute atomic E-state index is 0.0869. The number of hydrogen-bond donors (Lipinski definition) is 2. The van der Waals surface area contributed by atoms with Crippen LogP contribution in [0.25, 0.3) is 0 Å². The van der Waals surface area contributed by atoms with Crippen LogP contribution in [-0.4, -0.2) is 40.5 Å². The largest absolute Gasteiger partial charge is 0.444 e. The molecule has 0 aromatic carbocycles. The molecule has 1 saturated heterocycles. The summed E-state index contributed by atoms with van der Waals surface area (Å²) in [5.74, 6) is 0. The third-order valence-electron chi connectivity index (χ3n) is 3.77. The van der Waals surface area contributed by atoms with Crippen LogP contribution in [-0.2, 0) is 4.74 Å². The molecule has 0 aliphatic carbocycles. The Bertz CT molecular complexity index is 801. The minimum atomic E-state index is -0.536. The van der Waals surface area contributed by atoms with E-state index in [2.05, 4.69) is 20.5 Å². The third kappa shape index (κ3) is 3.51. The number of aromatic amines is 1. The molecular formula is C14H16ClN5O3S. The van der Waals surface area contributed by atoms with Crippen molar-refractivity contribution < 1.29 is 9.53 Å². The van der Waals surface area contributed by atoms with E-state index in [1.807, 2.05) is 18.7 Å². The van der Waals surface area contributed by atoms with E-state index in [1.165, 1.54) is 17.5 Å². The number of H-pyrrole nitrogens is 1. The fourth-order valence-corrected chi connectivity index (χ4v) is 3.44. The van der Waals surface area contributed by atoms with E-state index in [0.29, 0.717) is 30.3 Å². The molecule has 24 heavy (non-hydrogen) atoms. The van der Waals surface area contributed by atoms with Crippen LogP contribution in [0.2, 0.25) is 5.02 Å². The second-order valence-corrected chi connectivity index (χ2v) is 7.03. The predicted molar refractivity (Wildman–Crippen MR) is 92.2 cm³/mol. The van der Waals surface area contributed by atoms with Gasteiger partial charge in [0, 0.05) is 17.8 Å². The molecule has 3 heterocycles. The summed E-state index contributed by atoms with van der Waals surface area (Å²) in [5, 5.41) is 9.27. The Morgan fingerprint density at radius 2 is 2.33 bits per heavy atom. The number of halogens is 1. The van der Waals surface area contributed by atoms with Crippen LogP contribution in [0.1, 0.15) is 17.0 Å². The number of aromatic nitrogens is 3. The number of aryl methyl sites for hydroxylation is 2. The molecule has 3 rings (SSSR count). The fraction of sp³-hybridized carbons (Fsp3) is 0.429. The zero-order chi connectivity index (χ0) is 17.3. The Morgan fingerprint density at radius 1 is 1.54 bits per heavy atom. The highest BCUT2D eigenvalue weighted by molar-refractivity contribution is 7.15. The van der Waals surface area contributed by atoms with Gasteiger partial charge in [0.05, 0.1) is 24.1 Å². The lowest BCUT2D eigenvalue weighted by Crippen LogP contribution is -2.28. The molecule has 10 heteroatoms. The molecule has 0 saturated carbocycles. The van der Waals surface area contributed by atoms with Crippen molar-refractivity contribution in [3.63, 3.8) is 0 Å². The topological polar surface area (TPSA) is 100 Å². The highest BCUT2D eigenvalue weighted by Gasteiger charge is 2.28. The van der Waals surface area contributed by atoms with Crippen molar-refractivity contribution in [2.75, 3.05) is 23.3 Å². The van der Waals surface area contributed by atoms with Crippen LogP contribution in [0, 0.1) is 13.8 Å². The Morgan fingerprint density at radius 3 is 3.04 bits per heavy atom. The quantitative estimate of drug-likeness (QED) is 0.861. The van der Waals surface area contributed by atoms with Crippen LogP contribution in [0.15, 0.2) is 11.0 Å². The first kappa shape index (κ1) is 16.7. The average Bonchev–Trinajstić information content (AvgIpc) is 3.09. The minimum Gasteiger partial charge on any atom is -0.444 e. The maximum atomic E-state index is 12.0. The van der Waals surface area contributed by atoms with Gasteiger partial charge in [-0.3, -0.25) is 10.1 Å². The Kier molecular flexibility index (Phi) is 4.72. The van der Waals surface area contributed by atoms with Gasteiger partial charge in [0.2, 0.25) is 0 Å². The Balaban J connectivity index is 1.59. The summed E-state index contributed by atoms with van der Waals surface area (Å²) in [6.07, 6.45) is 1.31. The number of nitrogens with one attached hydrogen (secondary N) is 2. The molecule has 2 aromatic heterocycles. The average molecular weight is 370 g/mol. The van der Waals surface area contributed by atoms with Gasteiger partial charge >= 0.3 is 6.09 Å². The highest BCUT2D eigenvalue weighted by Crippen LogP contribution is 2.26. The van der Waals surface area contributed by atoms with Gasteiger partial charge in [-0.25, -0.2) is 14.9 Å². The molecule has 1 amide bonds. The molecule has 8 nitrogen and oxygen atoms in total. The summed E-state index contributed by atoms with van der Waals surface area (Å²) in [4.78, 5) is 30.7. The summed E-state index contributed by atoms with van der Waals surface area (Å²) in [7, 11) is 0. The summed E-state index contributed by atoms with van der Waals surface area (Å²) < 4.78 is 5.41. The molecule has 0 bridgehead atoms. The van der Waals surface area contributed by atoms with Crippen molar-refractivity contribution in [2.45, 2.75) is 26.4 Å². The summed E-state index contributed by atoms with van der Waals surface area (Å²) in [6, 6.07) is 0. The third-order valence-corrected chi connectivity index (χ3v) is 5.13. The van der Waals surface area contributed by atoms with E-state index in [-0.39, 0.29) is 11.1 Å². The normalized spacial score (nSPS) is 17.1. The van der Waals surface area contributed by atoms with Gasteiger partial charge in [-0.2, -0.15) is 5.10 Å².